The smallest absolute Gasteiger partial charge is 0.248 e. The van der Waals surface area contributed by atoms with Crippen molar-refractivity contribution in [2.24, 2.45) is 0 Å². The SMILES string of the molecule is CC(=O)C=CC(=O)Nc1ccc2ncnc(Nc3nccc4ccccc34)c2c1. The number of nitrogens with zero attached hydrogens (tertiary/aromatic N) is 3. The summed E-state index contributed by atoms with van der Waals surface area (Å²) in [5.74, 6) is 0.680. The predicted octanol–water partition coefficient (Wildman–Crippen LogP) is 4.01. The first kappa shape index (κ1) is 18.2. The second kappa shape index (κ2) is 7.85. The zero-order chi connectivity index (χ0) is 20.2. The lowest BCUT2D eigenvalue weighted by Gasteiger charge is -2.11. The van der Waals surface area contributed by atoms with Gasteiger partial charge in [0.1, 0.15) is 18.0 Å². The van der Waals surface area contributed by atoms with Crippen LogP contribution in [0.5, 0.6) is 0 Å². The summed E-state index contributed by atoms with van der Waals surface area (Å²) in [6, 6.07) is 15.2. The molecule has 2 N–H and O–H groups in total. The van der Waals surface area contributed by atoms with Crippen molar-refractivity contribution in [3.8, 4) is 0 Å². The maximum absolute atomic E-state index is 12.0. The van der Waals surface area contributed by atoms with Gasteiger partial charge in [-0.25, -0.2) is 15.0 Å². The third kappa shape index (κ3) is 4.08. The number of nitrogens with one attached hydrogen (secondary N) is 2. The maximum atomic E-state index is 12.0. The van der Waals surface area contributed by atoms with Crippen LogP contribution in [-0.2, 0) is 9.59 Å². The van der Waals surface area contributed by atoms with E-state index >= 15 is 0 Å². The Morgan fingerprint density at radius 2 is 1.72 bits per heavy atom. The third-order valence-electron chi connectivity index (χ3n) is 4.28. The van der Waals surface area contributed by atoms with E-state index in [0.29, 0.717) is 17.3 Å². The fraction of sp³-hybridized carbons (Fsp3) is 0.0455. The summed E-state index contributed by atoms with van der Waals surface area (Å²) in [4.78, 5) is 36.0. The van der Waals surface area contributed by atoms with Crippen molar-refractivity contribution in [2.45, 2.75) is 6.92 Å². The Labute approximate surface area is 166 Å². The minimum Gasteiger partial charge on any atom is -0.324 e. The van der Waals surface area contributed by atoms with Gasteiger partial charge in [0, 0.05) is 28.7 Å². The van der Waals surface area contributed by atoms with Crippen LogP contribution >= 0.6 is 0 Å². The number of rotatable bonds is 5. The molecule has 142 valence electrons. The van der Waals surface area contributed by atoms with Gasteiger partial charge < -0.3 is 10.6 Å². The Kier molecular flexibility index (Phi) is 4.94. The molecule has 0 spiro atoms. The van der Waals surface area contributed by atoms with E-state index in [1.807, 2.05) is 30.3 Å². The van der Waals surface area contributed by atoms with Crippen molar-refractivity contribution >= 4 is 50.7 Å². The molecular weight excluding hydrogens is 366 g/mol. The number of pyridine rings is 1. The van der Waals surface area contributed by atoms with E-state index in [0.717, 1.165) is 21.7 Å². The molecule has 2 aromatic heterocycles. The van der Waals surface area contributed by atoms with Crippen LogP contribution < -0.4 is 10.6 Å². The van der Waals surface area contributed by atoms with E-state index in [9.17, 15) is 9.59 Å². The van der Waals surface area contributed by atoms with Gasteiger partial charge in [0.25, 0.3) is 0 Å². The van der Waals surface area contributed by atoms with Gasteiger partial charge >= 0.3 is 0 Å². The molecule has 29 heavy (non-hydrogen) atoms. The van der Waals surface area contributed by atoms with Crippen molar-refractivity contribution in [3.05, 3.63) is 73.2 Å². The Morgan fingerprint density at radius 3 is 2.59 bits per heavy atom. The average Bonchev–Trinajstić information content (AvgIpc) is 2.73. The lowest BCUT2D eigenvalue weighted by atomic mass is 10.1. The molecule has 0 saturated carbocycles. The van der Waals surface area contributed by atoms with Crippen LogP contribution in [0.1, 0.15) is 6.92 Å². The molecule has 0 bridgehead atoms. The van der Waals surface area contributed by atoms with E-state index in [1.54, 1.807) is 24.4 Å². The largest absolute Gasteiger partial charge is 0.324 e. The molecule has 1 amide bonds. The van der Waals surface area contributed by atoms with Crippen LogP contribution in [0, 0.1) is 0 Å². The van der Waals surface area contributed by atoms with E-state index < -0.39 is 0 Å². The lowest BCUT2D eigenvalue weighted by molar-refractivity contribution is -0.114. The zero-order valence-electron chi connectivity index (χ0n) is 15.6. The maximum Gasteiger partial charge on any atom is 0.248 e. The molecule has 4 aromatic rings. The number of ketones is 1. The first-order chi connectivity index (χ1) is 14.1. The number of benzene rings is 2. The van der Waals surface area contributed by atoms with Gasteiger partial charge in [0.05, 0.1) is 5.52 Å². The molecule has 0 aliphatic carbocycles. The van der Waals surface area contributed by atoms with Crippen molar-refractivity contribution in [1.29, 1.82) is 0 Å². The van der Waals surface area contributed by atoms with Gasteiger partial charge in [-0.05, 0) is 42.7 Å². The number of fused-ring (bicyclic) bond motifs is 2. The van der Waals surface area contributed by atoms with E-state index in [4.69, 9.17) is 0 Å². The molecule has 0 unspecified atom stereocenters. The van der Waals surface area contributed by atoms with Crippen molar-refractivity contribution in [1.82, 2.24) is 15.0 Å². The topological polar surface area (TPSA) is 96.9 Å². The highest BCUT2D eigenvalue weighted by Gasteiger charge is 2.09. The van der Waals surface area contributed by atoms with E-state index in [2.05, 4.69) is 25.6 Å². The summed E-state index contributed by atoms with van der Waals surface area (Å²) in [6.07, 6.45) is 5.64. The van der Waals surface area contributed by atoms with Crippen LogP contribution in [0.3, 0.4) is 0 Å². The quantitative estimate of drug-likeness (QED) is 0.506. The van der Waals surface area contributed by atoms with Crippen LogP contribution in [0.4, 0.5) is 17.3 Å². The average molecular weight is 383 g/mol. The number of hydrogen-bond donors (Lipinski definition) is 2. The van der Waals surface area contributed by atoms with E-state index in [-0.39, 0.29) is 11.7 Å². The van der Waals surface area contributed by atoms with Gasteiger partial charge in [0.15, 0.2) is 5.78 Å². The van der Waals surface area contributed by atoms with Crippen LogP contribution in [0.25, 0.3) is 21.7 Å². The van der Waals surface area contributed by atoms with Gasteiger partial charge in [-0.15, -0.1) is 0 Å². The number of carbonyl (C=O) groups excluding carboxylic acids is 2. The summed E-state index contributed by atoms with van der Waals surface area (Å²) in [5.41, 5.74) is 1.29. The highest BCUT2D eigenvalue weighted by atomic mass is 16.1. The number of anilines is 3. The second-order valence-electron chi connectivity index (χ2n) is 6.39. The van der Waals surface area contributed by atoms with Crippen molar-refractivity contribution in [3.63, 3.8) is 0 Å². The molecule has 2 heterocycles. The molecular formula is C22H17N5O2. The number of carbonyl (C=O) groups is 2. The highest BCUT2D eigenvalue weighted by molar-refractivity contribution is 6.05. The minimum absolute atomic E-state index is 0.193. The van der Waals surface area contributed by atoms with Crippen LogP contribution in [0.2, 0.25) is 0 Å². The lowest BCUT2D eigenvalue weighted by Crippen LogP contribution is -2.08. The Bertz CT molecular complexity index is 1260. The number of aromatic nitrogens is 3. The Balaban J connectivity index is 1.69. The molecule has 4 rings (SSSR count). The molecule has 0 saturated heterocycles. The highest BCUT2D eigenvalue weighted by Crippen LogP contribution is 2.28. The van der Waals surface area contributed by atoms with Gasteiger partial charge in [-0.1, -0.05) is 24.3 Å². The first-order valence-corrected chi connectivity index (χ1v) is 8.95. The number of amides is 1. The molecule has 2 aromatic carbocycles. The Hall–Kier alpha value is -4.13. The molecule has 0 radical (unpaired) electrons. The monoisotopic (exact) mass is 383 g/mol. The summed E-state index contributed by atoms with van der Waals surface area (Å²) >= 11 is 0. The van der Waals surface area contributed by atoms with Gasteiger partial charge in [-0.3, -0.25) is 9.59 Å². The predicted molar refractivity (Wildman–Crippen MR) is 113 cm³/mol. The molecule has 7 heteroatoms. The fourth-order valence-electron chi connectivity index (χ4n) is 2.94. The van der Waals surface area contributed by atoms with E-state index in [1.165, 1.54) is 25.4 Å². The molecule has 0 aliphatic rings. The van der Waals surface area contributed by atoms with Crippen molar-refractivity contribution in [2.75, 3.05) is 10.6 Å². The third-order valence-corrected chi connectivity index (χ3v) is 4.28. The minimum atomic E-state index is -0.387. The summed E-state index contributed by atoms with van der Waals surface area (Å²) in [7, 11) is 0. The van der Waals surface area contributed by atoms with Gasteiger partial charge in [0.2, 0.25) is 5.91 Å². The molecule has 0 fully saturated rings. The summed E-state index contributed by atoms with van der Waals surface area (Å²) < 4.78 is 0. The fourth-order valence-corrected chi connectivity index (χ4v) is 2.94. The first-order valence-electron chi connectivity index (χ1n) is 8.95. The molecule has 0 atom stereocenters. The van der Waals surface area contributed by atoms with Crippen LogP contribution in [0.15, 0.2) is 73.2 Å². The standard InChI is InChI=1S/C22H17N5O2/c1-14(28)6-9-20(29)26-16-7-8-19-18(12-16)22(25-13-24-19)27-21-17-5-3-2-4-15(17)10-11-23-21/h2-13H,1H3,(H,26,29)(H,23,24,25,27). The molecule has 0 aliphatic heterocycles. The molecule has 7 nitrogen and oxygen atoms in total. The number of allylic oxidation sites excluding steroid dienone is 1. The summed E-state index contributed by atoms with van der Waals surface area (Å²) in [6.45, 7) is 1.39. The van der Waals surface area contributed by atoms with Crippen LogP contribution in [-0.4, -0.2) is 26.6 Å². The number of hydrogen-bond acceptors (Lipinski definition) is 6. The van der Waals surface area contributed by atoms with Gasteiger partial charge in [-0.2, -0.15) is 0 Å². The summed E-state index contributed by atoms with van der Waals surface area (Å²) in [5, 5.41) is 8.78. The normalized spacial score (nSPS) is 11.1. The zero-order valence-corrected chi connectivity index (χ0v) is 15.6. The van der Waals surface area contributed by atoms with Crippen molar-refractivity contribution < 1.29 is 9.59 Å². The second-order valence-corrected chi connectivity index (χ2v) is 6.39. The Morgan fingerprint density at radius 1 is 0.897 bits per heavy atom.